The average Bonchev–Trinajstić information content (AvgIpc) is 3.12. The number of rotatable bonds is 5. The van der Waals surface area contributed by atoms with Crippen LogP contribution in [-0.2, 0) is 0 Å². The summed E-state index contributed by atoms with van der Waals surface area (Å²) in [4.78, 5) is 9.39. The standard InChI is InChI=1S/C22H24ClN5O/c1-12(2)11-29-16-6-7-18(23)17(9-16)21-27-26-20-14(5)25-19-8-15(13(3)4)10-24-22(19)28(20)21/h6-10,12-13H,11H2,1-5H3. The van der Waals surface area contributed by atoms with Crippen molar-refractivity contribution in [1.82, 2.24) is 24.6 Å². The van der Waals surface area contributed by atoms with Crippen LogP contribution in [0.15, 0.2) is 30.5 Å². The number of pyridine rings is 1. The number of nitrogens with zero attached hydrogens (tertiary/aromatic N) is 5. The fourth-order valence-electron chi connectivity index (χ4n) is 3.18. The van der Waals surface area contributed by atoms with Crippen molar-refractivity contribution < 1.29 is 4.74 Å². The van der Waals surface area contributed by atoms with Gasteiger partial charge < -0.3 is 4.74 Å². The monoisotopic (exact) mass is 409 g/mol. The smallest absolute Gasteiger partial charge is 0.184 e. The van der Waals surface area contributed by atoms with E-state index < -0.39 is 0 Å². The number of aromatic nitrogens is 5. The van der Waals surface area contributed by atoms with Crippen LogP contribution < -0.4 is 4.74 Å². The third kappa shape index (κ3) is 3.65. The number of aryl methyl sites for hydroxylation is 1. The highest BCUT2D eigenvalue weighted by molar-refractivity contribution is 6.33. The third-order valence-electron chi connectivity index (χ3n) is 4.78. The van der Waals surface area contributed by atoms with Gasteiger partial charge in [-0.05, 0) is 48.6 Å². The minimum Gasteiger partial charge on any atom is -0.493 e. The molecule has 4 aromatic rings. The lowest BCUT2D eigenvalue weighted by Gasteiger charge is -2.12. The molecule has 0 radical (unpaired) electrons. The molecule has 0 aliphatic heterocycles. The van der Waals surface area contributed by atoms with Gasteiger partial charge in [0.2, 0.25) is 0 Å². The first-order valence-electron chi connectivity index (χ1n) is 9.79. The zero-order chi connectivity index (χ0) is 20.7. The summed E-state index contributed by atoms with van der Waals surface area (Å²) in [5, 5.41) is 9.36. The molecule has 6 nitrogen and oxygen atoms in total. The Labute approximate surface area is 174 Å². The van der Waals surface area contributed by atoms with E-state index in [2.05, 4.69) is 48.9 Å². The van der Waals surface area contributed by atoms with Crippen LogP contribution in [0.5, 0.6) is 5.75 Å². The zero-order valence-electron chi connectivity index (χ0n) is 17.3. The summed E-state index contributed by atoms with van der Waals surface area (Å²) < 4.78 is 7.81. The van der Waals surface area contributed by atoms with E-state index in [4.69, 9.17) is 21.3 Å². The molecule has 0 fully saturated rings. The quantitative estimate of drug-likeness (QED) is 0.438. The van der Waals surface area contributed by atoms with Crippen LogP contribution in [0.3, 0.4) is 0 Å². The first-order chi connectivity index (χ1) is 13.8. The lowest BCUT2D eigenvalue weighted by Crippen LogP contribution is -2.05. The molecule has 29 heavy (non-hydrogen) atoms. The van der Waals surface area contributed by atoms with Gasteiger partial charge in [-0.1, -0.05) is 39.3 Å². The Hall–Kier alpha value is -2.73. The molecule has 0 N–H and O–H groups in total. The molecule has 3 aromatic heterocycles. The fraction of sp³-hybridized carbons (Fsp3) is 0.364. The summed E-state index contributed by atoms with van der Waals surface area (Å²) in [5.41, 5.74) is 4.87. The number of hydrogen-bond acceptors (Lipinski definition) is 5. The van der Waals surface area contributed by atoms with E-state index in [1.165, 1.54) is 0 Å². The van der Waals surface area contributed by atoms with E-state index in [-0.39, 0.29) is 0 Å². The van der Waals surface area contributed by atoms with E-state index >= 15 is 0 Å². The fourth-order valence-corrected chi connectivity index (χ4v) is 3.39. The summed E-state index contributed by atoms with van der Waals surface area (Å²) in [6.07, 6.45) is 1.89. The average molecular weight is 410 g/mol. The van der Waals surface area contributed by atoms with Crippen molar-refractivity contribution >= 4 is 28.4 Å². The second kappa shape index (κ2) is 7.59. The van der Waals surface area contributed by atoms with Gasteiger partial charge in [-0.25, -0.2) is 9.97 Å². The van der Waals surface area contributed by atoms with E-state index in [9.17, 15) is 0 Å². The number of halogens is 1. The molecular weight excluding hydrogens is 386 g/mol. The predicted molar refractivity (Wildman–Crippen MR) is 116 cm³/mol. The Morgan fingerprint density at radius 1 is 1.07 bits per heavy atom. The highest BCUT2D eigenvalue weighted by Crippen LogP contribution is 2.32. The highest BCUT2D eigenvalue weighted by atomic mass is 35.5. The van der Waals surface area contributed by atoms with Crippen LogP contribution in [0.1, 0.15) is 44.9 Å². The SMILES string of the molecule is Cc1nc2cc(C(C)C)cnc2n2c(-c3cc(OCC(C)C)ccc3Cl)nnc12. The van der Waals surface area contributed by atoms with Crippen LogP contribution in [0, 0.1) is 12.8 Å². The largest absolute Gasteiger partial charge is 0.493 e. The summed E-state index contributed by atoms with van der Waals surface area (Å²) in [6, 6.07) is 7.68. The van der Waals surface area contributed by atoms with Gasteiger partial charge in [0.05, 0.1) is 17.3 Å². The summed E-state index contributed by atoms with van der Waals surface area (Å²) in [5.74, 6) is 2.18. The predicted octanol–water partition coefficient (Wildman–Crippen LogP) is 5.46. The Kier molecular flexibility index (Phi) is 5.13. The van der Waals surface area contributed by atoms with Gasteiger partial charge in [-0.15, -0.1) is 10.2 Å². The van der Waals surface area contributed by atoms with E-state index in [1.807, 2.05) is 35.7 Å². The van der Waals surface area contributed by atoms with Gasteiger partial charge in [0.1, 0.15) is 11.3 Å². The maximum Gasteiger partial charge on any atom is 0.184 e. The minimum atomic E-state index is 0.370. The first kappa shape index (κ1) is 19.6. The van der Waals surface area contributed by atoms with Gasteiger partial charge >= 0.3 is 0 Å². The third-order valence-corrected chi connectivity index (χ3v) is 5.11. The van der Waals surface area contributed by atoms with Crippen molar-refractivity contribution in [2.75, 3.05) is 6.61 Å². The van der Waals surface area contributed by atoms with Crippen LogP contribution in [-0.4, -0.2) is 31.2 Å². The van der Waals surface area contributed by atoms with E-state index in [0.29, 0.717) is 40.6 Å². The number of hydrogen-bond donors (Lipinski definition) is 0. The number of benzene rings is 1. The van der Waals surface area contributed by atoms with Gasteiger partial charge in [0.15, 0.2) is 17.1 Å². The number of ether oxygens (including phenoxy) is 1. The molecule has 0 saturated heterocycles. The molecule has 0 aliphatic rings. The molecule has 0 bridgehead atoms. The first-order valence-corrected chi connectivity index (χ1v) is 10.2. The lowest BCUT2D eigenvalue weighted by atomic mass is 10.1. The van der Waals surface area contributed by atoms with Crippen LogP contribution in [0.4, 0.5) is 0 Å². The van der Waals surface area contributed by atoms with Crippen molar-refractivity contribution in [3.05, 3.63) is 46.7 Å². The molecule has 1 aromatic carbocycles. The highest BCUT2D eigenvalue weighted by Gasteiger charge is 2.18. The Morgan fingerprint density at radius 2 is 1.86 bits per heavy atom. The molecule has 4 rings (SSSR count). The molecule has 0 saturated carbocycles. The second-order valence-corrected chi connectivity index (χ2v) is 8.40. The normalized spacial score (nSPS) is 11.9. The Morgan fingerprint density at radius 3 is 2.59 bits per heavy atom. The molecule has 0 amide bonds. The molecule has 7 heteroatoms. The van der Waals surface area contributed by atoms with Crippen LogP contribution in [0.25, 0.3) is 28.2 Å². The van der Waals surface area contributed by atoms with Crippen molar-refractivity contribution in [1.29, 1.82) is 0 Å². The van der Waals surface area contributed by atoms with Gasteiger partial charge in [-0.2, -0.15) is 0 Å². The van der Waals surface area contributed by atoms with Crippen molar-refractivity contribution in [2.45, 2.75) is 40.5 Å². The van der Waals surface area contributed by atoms with Gasteiger partial charge in [0, 0.05) is 11.8 Å². The minimum absolute atomic E-state index is 0.370. The molecule has 0 unspecified atom stereocenters. The van der Waals surface area contributed by atoms with Crippen molar-refractivity contribution in [3.8, 4) is 17.1 Å². The lowest BCUT2D eigenvalue weighted by molar-refractivity contribution is 0.271. The molecule has 3 heterocycles. The zero-order valence-corrected chi connectivity index (χ0v) is 18.0. The van der Waals surface area contributed by atoms with E-state index in [1.54, 1.807) is 0 Å². The number of fused-ring (bicyclic) bond motifs is 3. The molecular formula is C22H24ClN5O. The van der Waals surface area contributed by atoms with E-state index in [0.717, 1.165) is 28.1 Å². The molecule has 150 valence electrons. The van der Waals surface area contributed by atoms with Crippen molar-refractivity contribution in [3.63, 3.8) is 0 Å². The van der Waals surface area contributed by atoms with Crippen LogP contribution in [0.2, 0.25) is 5.02 Å². The maximum atomic E-state index is 6.54. The molecule has 0 atom stereocenters. The topological polar surface area (TPSA) is 65.2 Å². The maximum absolute atomic E-state index is 6.54. The Bertz CT molecular complexity index is 1200. The Balaban J connectivity index is 1.93. The summed E-state index contributed by atoms with van der Waals surface area (Å²) in [7, 11) is 0. The van der Waals surface area contributed by atoms with Crippen LogP contribution >= 0.6 is 11.6 Å². The van der Waals surface area contributed by atoms with Gasteiger partial charge in [0.25, 0.3) is 0 Å². The van der Waals surface area contributed by atoms with Gasteiger partial charge in [-0.3, -0.25) is 4.40 Å². The summed E-state index contributed by atoms with van der Waals surface area (Å²) >= 11 is 6.54. The van der Waals surface area contributed by atoms with Crippen molar-refractivity contribution in [2.24, 2.45) is 5.92 Å². The molecule has 0 aliphatic carbocycles. The second-order valence-electron chi connectivity index (χ2n) is 7.99. The molecule has 0 spiro atoms. The summed E-state index contributed by atoms with van der Waals surface area (Å²) in [6.45, 7) is 11.1.